The molecule has 0 aliphatic carbocycles. The first-order valence-electron chi connectivity index (χ1n) is 5.95. The summed E-state index contributed by atoms with van der Waals surface area (Å²) in [5.74, 6) is 0.785. The van der Waals surface area contributed by atoms with Crippen LogP contribution in [0.3, 0.4) is 0 Å². The summed E-state index contributed by atoms with van der Waals surface area (Å²) in [4.78, 5) is 11.1. The zero-order valence-corrected chi connectivity index (χ0v) is 11.2. The van der Waals surface area contributed by atoms with Gasteiger partial charge in [0, 0.05) is 37.1 Å². The Morgan fingerprint density at radius 1 is 1.53 bits per heavy atom. The molecule has 4 nitrogen and oxygen atoms in total. The van der Waals surface area contributed by atoms with Crippen molar-refractivity contribution in [2.45, 2.75) is 27.3 Å². The smallest absolute Gasteiger partial charge is 0.225 e. The van der Waals surface area contributed by atoms with Gasteiger partial charge in [0.25, 0.3) is 0 Å². The van der Waals surface area contributed by atoms with E-state index in [0.29, 0.717) is 0 Å². The number of hydrogen-bond acceptors (Lipinski definition) is 4. The topological polar surface area (TPSA) is 41.1 Å². The van der Waals surface area contributed by atoms with Gasteiger partial charge in [0.1, 0.15) is 0 Å². The molecule has 0 aliphatic rings. The fourth-order valence-electron chi connectivity index (χ4n) is 1.65. The predicted molar refractivity (Wildman–Crippen MR) is 72.2 cm³/mol. The van der Waals surface area contributed by atoms with Crippen LogP contribution in [0.5, 0.6) is 0 Å². The predicted octanol–water partition coefficient (Wildman–Crippen LogP) is 1.91. The zero-order chi connectivity index (χ0) is 12.8. The molecule has 0 unspecified atom stereocenters. The molecule has 0 saturated carbocycles. The molecule has 0 fully saturated rings. The Bertz CT molecular complexity index is 387. The van der Waals surface area contributed by atoms with Gasteiger partial charge >= 0.3 is 0 Å². The number of nitrogens with zero attached hydrogens (tertiary/aromatic N) is 3. The van der Waals surface area contributed by atoms with Gasteiger partial charge in [0.05, 0.1) is 0 Å². The standard InChI is InChI=1S/C13H22N4/c1-6-17(9-10(2)3)13-15-8-12(7-14-5)11(4)16-13/h8,14H,2,6-7,9H2,1,3-5H3. The number of nitrogens with one attached hydrogen (secondary N) is 1. The summed E-state index contributed by atoms with van der Waals surface area (Å²) >= 11 is 0. The molecular weight excluding hydrogens is 212 g/mol. The van der Waals surface area contributed by atoms with Crippen molar-refractivity contribution >= 4 is 5.95 Å². The lowest BCUT2D eigenvalue weighted by Gasteiger charge is -2.21. The van der Waals surface area contributed by atoms with E-state index >= 15 is 0 Å². The molecule has 0 radical (unpaired) electrons. The van der Waals surface area contributed by atoms with Gasteiger partial charge in [-0.15, -0.1) is 0 Å². The lowest BCUT2D eigenvalue weighted by Crippen LogP contribution is -2.27. The third-order valence-electron chi connectivity index (χ3n) is 2.56. The Kier molecular flexibility index (Phi) is 5.10. The molecule has 0 saturated heterocycles. The van der Waals surface area contributed by atoms with Crippen LogP contribution in [0.2, 0.25) is 0 Å². The second kappa shape index (κ2) is 6.35. The van der Waals surface area contributed by atoms with Crippen LogP contribution in [0.15, 0.2) is 18.3 Å². The first kappa shape index (κ1) is 13.6. The normalized spacial score (nSPS) is 10.4. The van der Waals surface area contributed by atoms with Crippen molar-refractivity contribution in [1.82, 2.24) is 15.3 Å². The Morgan fingerprint density at radius 3 is 2.71 bits per heavy atom. The summed E-state index contributed by atoms with van der Waals surface area (Å²) in [5, 5.41) is 3.11. The van der Waals surface area contributed by atoms with Crippen molar-refractivity contribution in [3.05, 3.63) is 29.6 Å². The van der Waals surface area contributed by atoms with Gasteiger partial charge in [-0.25, -0.2) is 9.97 Å². The van der Waals surface area contributed by atoms with E-state index in [4.69, 9.17) is 0 Å². The Balaban J connectivity index is 2.90. The first-order valence-corrected chi connectivity index (χ1v) is 5.95. The summed E-state index contributed by atoms with van der Waals surface area (Å²) in [6.07, 6.45) is 1.90. The highest BCUT2D eigenvalue weighted by molar-refractivity contribution is 5.34. The maximum absolute atomic E-state index is 4.55. The number of aromatic nitrogens is 2. The van der Waals surface area contributed by atoms with E-state index in [1.807, 2.05) is 27.1 Å². The second-order valence-electron chi connectivity index (χ2n) is 4.28. The van der Waals surface area contributed by atoms with Crippen LogP contribution in [0, 0.1) is 6.92 Å². The van der Waals surface area contributed by atoms with Crippen molar-refractivity contribution in [2.75, 3.05) is 25.0 Å². The highest BCUT2D eigenvalue weighted by atomic mass is 15.2. The van der Waals surface area contributed by atoms with Gasteiger partial charge in [-0.3, -0.25) is 0 Å². The van der Waals surface area contributed by atoms with E-state index in [2.05, 4.69) is 33.7 Å². The highest BCUT2D eigenvalue weighted by Gasteiger charge is 2.09. The van der Waals surface area contributed by atoms with E-state index in [1.54, 1.807) is 0 Å². The molecule has 94 valence electrons. The quantitative estimate of drug-likeness (QED) is 0.763. The van der Waals surface area contributed by atoms with Crippen LogP contribution < -0.4 is 10.2 Å². The van der Waals surface area contributed by atoms with Gasteiger partial charge < -0.3 is 10.2 Å². The summed E-state index contributed by atoms with van der Waals surface area (Å²) in [5.41, 5.74) is 3.29. The maximum Gasteiger partial charge on any atom is 0.225 e. The van der Waals surface area contributed by atoms with Crippen molar-refractivity contribution in [2.24, 2.45) is 0 Å². The molecule has 0 aliphatic heterocycles. The largest absolute Gasteiger partial charge is 0.337 e. The van der Waals surface area contributed by atoms with Crippen molar-refractivity contribution in [3.8, 4) is 0 Å². The molecule has 0 bridgehead atoms. The number of aryl methyl sites for hydroxylation is 1. The molecule has 17 heavy (non-hydrogen) atoms. The lowest BCUT2D eigenvalue weighted by atomic mass is 10.2. The number of anilines is 1. The number of hydrogen-bond donors (Lipinski definition) is 1. The van der Waals surface area contributed by atoms with E-state index < -0.39 is 0 Å². The molecule has 0 spiro atoms. The molecule has 1 aromatic heterocycles. The van der Waals surface area contributed by atoms with Crippen LogP contribution in [-0.4, -0.2) is 30.1 Å². The summed E-state index contributed by atoms with van der Waals surface area (Å²) < 4.78 is 0. The van der Waals surface area contributed by atoms with Crippen LogP contribution in [-0.2, 0) is 6.54 Å². The Morgan fingerprint density at radius 2 is 2.24 bits per heavy atom. The second-order valence-corrected chi connectivity index (χ2v) is 4.28. The molecule has 0 atom stereocenters. The summed E-state index contributed by atoms with van der Waals surface area (Å²) in [6, 6.07) is 0. The number of rotatable bonds is 6. The molecule has 4 heteroatoms. The van der Waals surface area contributed by atoms with Gasteiger partial charge in [-0.1, -0.05) is 12.2 Å². The van der Waals surface area contributed by atoms with E-state index in [0.717, 1.165) is 42.4 Å². The molecule has 1 N–H and O–H groups in total. The first-order chi connectivity index (χ1) is 8.08. The average Bonchev–Trinajstić information content (AvgIpc) is 2.28. The van der Waals surface area contributed by atoms with Gasteiger partial charge in [-0.2, -0.15) is 0 Å². The van der Waals surface area contributed by atoms with E-state index in [1.165, 1.54) is 0 Å². The summed E-state index contributed by atoms with van der Waals surface area (Å²) in [6.45, 7) is 12.6. The third-order valence-corrected chi connectivity index (χ3v) is 2.56. The van der Waals surface area contributed by atoms with Crippen LogP contribution >= 0.6 is 0 Å². The molecular formula is C13H22N4. The van der Waals surface area contributed by atoms with E-state index in [-0.39, 0.29) is 0 Å². The summed E-state index contributed by atoms with van der Waals surface area (Å²) in [7, 11) is 1.92. The third kappa shape index (κ3) is 3.82. The highest BCUT2D eigenvalue weighted by Crippen LogP contribution is 2.12. The van der Waals surface area contributed by atoms with Gasteiger partial charge in [0.15, 0.2) is 0 Å². The Labute approximate surface area is 104 Å². The molecule has 0 aromatic carbocycles. The minimum atomic E-state index is 0.785. The van der Waals surface area contributed by atoms with Crippen LogP contribution in [0.1, 0.15) is 25.1 Å². The maximum atomic E-state index is 4.55. The molecule has 1 rings (SSSR count). The minimum Gasteiger partial charge on any atom is -0.337 e. The zero-order valence-electron chi connectivity index (χ0n) is 11.2. The lowest BCUT2D eigenvalue weighted by molar-refractivity contribution is 0.779. The fraction of sp³-hybridized carbons (Fsp3) is 0.538. The van der Waals surface area contributed by atoms with Gasteiger partial charge in [-0.05, 0) is 27.8 Å². The SMILES string of the molecule is C=C(C)CN(CC)c1ncc(CNC)c(C)n1. The monoisotopic (exact) mass is 234 g/mol. The fourth-order valence-corrected chi connectivity index (χ4v) is 1.65. The van der Waals surface area contributed by atoms with Crippen LogP contribution in [0.25, 0.3) is 0 Å². The van der Waals surface area contributed by atoms with Crippen molar-refractivity contribution in [1.29, 1.82) is 0 Å². The van der Waals surface area contributed by atoms with E-state index in [9.17, 15) is 0 Å². The van der Waals surface area contributed by atoms with Gasteiger partial charge in [0.2, 0.25) is 5.95 Å². The van der Waals surface area contributed by atoms with Crippen LogP contribution in [0.4, 0.5) is 5.95 Å². The molecule has 1 aromatic rings. The van der Waals surface area contributed by atoms with Crippen molar-refractivity contribution in [3.63, 3.8) is 0 Å². The minimum absolute atomic E-state index is 0.785. The Hall–Kier alpha value is -1.42. The van der Waals surface area contributed by atoms with Crippen molar-refractivity contribution < 1.29 is 0 Å². The number of likely N-dealkylation sites (N-methyl/N-ethyl adjacent to an activating group) is 1. The molecule has 0 amide bonds. The average molecular weight is 234 g/mol. The molecule has 1 heterocycles.